The SMILES string of the molecule is O=c1[nH]c(O)c(Cc2ccc(OCCONC=Cc3ccc4ccccc4c3)cc2)s1. The lowest BCUT2D eigenvalue weighted by Gasteiger charge is -2.07. The van der Waals surface area contributed by atoms with Crippen molar-refractivity contribution in [1.29, 1.82) is 0 Å². The Morgan fingerprint density at radius 3 is 2.58 bits per heavy atom. The molecule has 158 valence electrons. The van der Waals surface area contributed by atoms with Crippen LogP contribution in [0.2, 0.25) is 0 Å². The highest BCUT2D eigenvalue weighted by Gasteiger charge is 2.07. The molecule has 4 rings (SSSR count). The molecule has 0 saturated carbocycles. The Morgan fingerprint density at radius 2 is 1.81 bits per heavy atom. The van der Waals surface area contributed by atoms with Gasteiger partial charge in [-0.15, -0.1) is 0 Å². The van der Waals surface area contributed by atoms with Gasteiger partial charge in [0.25, 0.3) is 0 Å². The van der Waals surface area contributed by atoms with Gasteiger partial charge >= 0.3 is 4.87 Å². The van der Waals surface area contributed by atoms with Gasteiger partial charge in [-0.25, -0.2) is 0 Å². The van der Waals surface area contributed by atoms with Crippen LogP contribution >= 0.6 is 11.3 Å². The summed E-state index contributed by atoms with van der Waals surface area (Å²) in [4.78, 5) is 19.3. The maximum atomic E-state index is 11.2. The minimum Gasteiger partial charge on any atom is -0.494 e. The molecule has 6 nitrogen and oxygen atoms in total. The molecule has 1 heterocycles. The van der Waals surface area contributed by atoms with Crippen molar-refractivity contribution in [1.82, 2.24) is 10.5 Å². The lowest BCUT2D eigenvalue weighted by Crippen LogP contribution is -2.13. The number of ether oxygens (including phenoxy) is 1. The first kappa shape index (κ1) is 20.7. The van der Waals surface area contributed by atoms with Gasteiger partial charge in [0, 0.05) is 12.6 Å². The summed E-state index contributed by atoms with van der Waals surface area (Å²) in [7, 11) is 0. The summed E-state index contributed by atoms with van der Waals surface area (Å²) in [6, 6.07) is 22.0. The van der Waals surface area contributed by atoms with E-state index in [4.69, 9.17) is 9.57 Å². The number of hydrogen-bond donors (Lipinski definition) is 3. The highest BCUT2D eigenvalue weighted by molar-refractivity contribution is 7.09. The van der Waals surface area contributed by atoms with Crippen LogP contribution in [0.1, 0.15) is 16.0 Å². The van der Waals surface area contributed by atoms with Crippen molar-refractivity contribution < 1.29 is 14.7 Å². The fourth-order valence-corrected chi connectivity index (χ4v) is 3.87. The Bertz CT molecular complexity index is 1230. The number of thiazole rings is 1. The summed E-state index contributed by atoms with van der Waals surface area (Å²) in [5, 5.41) is 12.1. The molecule has 31 heavy (non-hydrogen) atoms. The quantitative estimate of drug-likeness (QED) is 0.268. The molecule has 4 aromatic rings. The van der Waals surface area contributed by atoms with E-state index in [2.05, 4.69) is 40.8 Å². The summed E-state index contributed by atoms with van der Waals surface area (Å²) in [6.07, 6.45) is 4.20. The third-order valence-electron chi connectivity index (χ3n) is 4.64. The van der Waals surface area contributed by atoms with Crippen molar-refractivity contribution in [3.05, 3.63) is 98.6 Å². The summed E-state index contributed by atoms with van der Waals surface area (Å²) < 4.78 is 5.66. The first-order valence-corrected chi connectivity index (χ1v) is 10.6. The Morgan fingerprint density at radius 1 is 1.00 bits per heavy atom. The van der Waals surface area contributed by atoms with Crippen LogP contribution in [0.25, 0.3) is 16.8 Å². The van der Waals surface area contributed by atoms with Crippen molar-refractivity contribution in [2.75, 3.05) is 13.2 Å². The molecule has 0 spiro atoms. The molecule has 3 N–H and O–H groups in total. The van der Waals surface area contributed by atoms with E-state index in [1.54, 1.807) is 6.20 Å². The monoisotopic (exact) mass is 434 g/mol. The lowest BCUT2D eigenvalue weighted by atomic mass is 10.1. The van der Waals surface area contributed by atoms with E-state index in [0.29, 0.717) is 24.5 Å². The first-order chi connectivity index (χ1) is 15.2. The second-order valence-corrected chi connectivity index (χ2v) is 7.93. The molecule has 0 aliphatic heterocycles. The van der Waals surface area contributed by atoms with Crippen LogP contribution in [0.15, 0.2) is 77.7 Å². The normalized spacial score (nSPS) is 11.2. The summed E-state index contributed by atoms with van der Waals surface area (Å²) in [5.41, 5.74) is 4.87. The number of hydroxylamine groups is 1. The van der Waals surface area contributed by atoms with Gasteiger partial charge in [0.05, 0.1) is 4.88 Å². The van der Waals surface area contributed by atoms with Gasteiger partial charge in [0.15, 0.2) is 0 Å². The molecule has 0 amide bonds. The van der Waals surface area contributed by atoms with E-state index >= 15 is 0 Å². The molecule has 3 aromatic carbocycles. The van der Waals surface area contributed by atoms with Crippen LogP contribution in [0, 0.1) is 0 Å². The number of rotatable bonds is 9. The molecule has 0 radical (unpaired) electrons. The highest BCUT2D eigenvalue weighted by Crippen LogP contribution is 2.21. The van der Waals surface area contributed by atoms with Crippen molar-refractivity contribution >= 4 is 28.2 Å². The summed E-state index contributed by atoms with van der Waals surface area (Å²) in [6.45, 7) is 0.783. The van der Waals surface area contributed by atoms with Crippen LogP contribution in [0.5, 0.6) is 11.6 Å². The molecular formula is C24H22N2O4S. The van der Waals surface area contributed by atoms with Gasteiger partial charge in [-0.1, -0.05) is 59.9 Å². The zero-order chi connectivity index (χ0) is 21.5. The average Bonchev–Trinajstić information content (AvgIpc) is 3.10. The third kappa shape index (κ3) is 5.75. The zero-order valence-corrected chi connectivity index (χ0v) is 17.5. The molecule has 1 aromatic heterocycles. The largest absolute Gasteiger partial charge is 0.494 e. The summed E-state index contributed by atoms with van der Waals surface area (Å²) in [5.74, 6) is 0.667. The second-order valence-electron chi connectivity index (χ2n) is 6.86. The Hall–Kier alpha value is -3.55. The molecule has 0 bridgehead atoms. The topological polar surface area (TPSA) is 83.6 Å². The molecule has 0 aliphatic rings. The van der Waals surface area contributed by atoms with Crippen LogP contribution in [0.3, 0.4) is 0 Å². The predicted octanol–water partition coefficient (Wildman–Crippen LogP) is 4.46. The number of aromatic hydroxyl groups is 1. The van der Waals surface area contributed by atoms with E-state index in [0.717, 1.165) is 28.2 Å². The van der Waals surface area contributed by atoms with Crippen molar-refractivity contribution in [3.8, 4) is 11.6 Å². The van der Waals surface area contributed by atoms with Gasteiger partial charge in [0.2, 0.25) is 5.88 Å². The van der Waals surface area contributed by atoms with E-state index < -0.39 is 0 Å². The number of H-pyrrole nitrogens is 1. The van der Waals surface area contributed by atoms with Gasteiger partial charge in [0.1, 0.15) is 19.0 Å². The van der Waals surface area contributed by atoms with Crippen LogP contribution in [-0.2, 0) is 11.3 Å². The van der Waals surface area contributed by atoms with Gasteiger partial charge in [-0.05, 0) is 46.2 Å². The molecular weight excluding hydrogens is 412 g/mol. The lowest BCUT2D eigenvalue weighted by molar-refractivity contribution is 0.0484. The van der Waals surface area contributed by atoms with Gasteiger partial charge < -0.3 is 9.84 Å². The summed E-state index contributed by atoms with van der Waals surface area (Å²) >= 11 is 1.01. The smallest absolute Gasteiger partial charge is 0.307 e. The number of benzene rings is 3. The van der Waals surface area contributed by atoms with E-state index in [-0.39, 0.29) is 10.8 Å². The average molecular weight is 435 g/mol. The van der Waals surface area contributed by atoms with E-state index in [1.807, 2.05) is 42.5 Å². The Kier molecular flexibility index (Phi) is 6.66. The molecule has 0 saturated heterocycles. The minimum absolute atomic E-state index is 0.0605. The molecule has 0 fully saturated rings. The second kappa shape index (κ2) is 9.97. The van der Waals surface area contributed by atoms with Gasteiger partial charge in [-0.3, -0.25) is 20.1 Å². The number of nitrogens with one attached hydrogen (secondary N) is 2. The fourth-order valence-electron chi connectivity index (χ4n) is 3.11. The maximum absolute atomic E-state index is 11.2. The molecule has 0 unspecified atom stereocenters. The predicted molar refractivity (Wildman–Crippen MR) is 123 cm³/mol. The van der Waals surface area contributed by atoms with E-state index in [1.165, 1.54) is 10.8 Å². The van der Waals surface area contributed by atoms with Crippen molar-refractivity contribution in [3.63, 3.8) is 0 Å². The number of hydrogen-bond acceptors (Lipinski definition) is 6. The zero-order valence-electron chi connectivity index (χ0n) is 16.7. The third-order valence-corrected chi connectivity index (χ3v) is 5.51. The van der Waals surface area contributed by atoms with Crippen LogP contribution < -0.4 is 15.1 Å². The number of fused-ring (bicyclic) bond motifs is 1. The molecule has 7 heteroatoms. The number of aromatic amines is 1. The minimum atomic E-state index is -0.256. The first-order valence-electron chi connectivity index (χ1n) is 9.83. The van der Waals surface area contributed by atoms with Crippen molar-refractivity contribution in [2.24, 2.45) is 0 Å². The number of aromatic nitrogens is 1. The van der Waals surface area contributed by atoms with E-state index in [9.17, 15) is 9.90 Å². The van der Waals surface area contributed by atoms with Crippen molar-refractivity contribution in [2.45, 2.75) is 6.42 Å². The fraction of sp³-hybridized carbons (Fsp3) is 0.125. The Labute approximate surface area is 183 Å². The van der Waals surface area contributed by atoms with Gasteiger partial charge in [-0.2, -0.15) is 0 Å². The van der Waals surface area contributed by atoms with Crippen LogP contribution in [0.4, 0.5) is 0 Å². The Balaban J connectivity index is 1.17. The highest BCUT2D eigenvalue weighted by atomic mass is 32.1. The van der Waals surface area contributed by atoms with Crippen LogP contribution in [-0.4, -0.2) is 23.3 Å². The standard InChI is InChI=1S/C24H22N2O4S/c27-23-22(31-24(28)26-23)16-17-6-9-21(10-7-17)29-13-14-30-25-12-11-18-5-8-19-3-1-2-4-20(19)15-18/h1-12,15,25,27H,13-14,16H2,(H,26,28). The molecule has 0 atom stereocenters. The maximum Gasteiger partial charge on any atom is 0.307 e. The molecule has 0 aliphatic carbocycles.